The van der Waals surface area contributed by atoms with E-state index in [1.165, 1.54) is 18.1 Å². The first-order valence-corrected chi connectivity index (χ1v) is 5.24. The number of hydrogen-bond acceptors (Lipinski definition) is 2. The second-order valence-electron chi connectivity index (χ2n) is 3.44. The zero-order valence-electron chi connectivity index (χ0n) is 7.63. The van der Waals surface area contributed by atoms with E-state index < -0.39 is 0 Å². The third-order valence-electron chi connectivity index (χ3n) is 2.07. The molecule has 0 aromatic carbocycles. The van der Waals surface area contributed by atoms with Crippen molar-refractivity contribution in [1.82, 2.24) is 4.90 Å². The molecule has 0 aliphatic carbocycles. The van der Waals surface area contributed by atoms with E-state index >= 15 is 0 Å². The summed E-state index contributed by atoms with van der Waals surface area (Å²) in [5.74, 6) is 3.32. The fraction of sp³-hybridized carbons (Fsp3) is 0.778. The smallest absolute Gasteiger partial charge is 0.0116 e. The maximum Gasteiger partial charge on any atom is 0.0116 e. The molecule has 1 nitrogen and oxygen atoms in total. The molecule has 0 radical (unpaired) electrons. The van der Waals surface area contributed by atoms with E-state index in [1.807, 2.05) is 11.8 Å². The van der Waals surface area contributed by atoms with Crippen molar-refractivity contribution >= 4 is 11.8 Å². The fourth-order valence-corrected chi connectivity index (χ4v) is 2.51. The van der Waals surface area contributed by atoms with Gasteiger partial charge in [0.25, 0.3) is 0 Å². The Hall–Kier alpha value is 0.0500. The zero-order valence-corrected chi connectivity index (χ0v) is 8.45. The highest BCUT2D eigenvalue weighted by Gasteiger charge is 2.14. The second-order valence-corrected chi connectivity index (χ2v) is 4.52. The Bertz CT molecular complexity index is 152. The van der Waals surface area contributed by atoms with Gasteiger partial charge in [0.15, 0.2) is 0 Å². The summed E-state index contributed by atoms with van der Waals surface area (Å²) >= 11 is 2.05. The minimum absolute atomic E-state index is 0.795. The van der Waals surface area contributed by atoms with Gasteiger partial charge in [0.1, 0.15) is 0 Å². The number of hydrogen-bond donors (Lipinski definition) is 0. The van der Waals surface area contributed by atoms with E-state index in [-0.39, 0.29) is 0 Å². The van der Waals surface area contributed by atoms with Gasteiger partial charge in [0.2, 0.25) is 0 Å². The van der Waals surface area contributed by atoms with Crippen LogP contribution < -0.4 is 0 Å². The highest BCUT2D eigenvalue weighted by molar-refractivity contribution is 7.99. The molecule has 0 fully saturated rings. The summed E-state index contributed by atoms with van der Waals surface area (Å²) in [6.07, 6.45) is 2.36. The van der Waals surface area contributed by atoms with Gasteiger partial charge in [-0.2, -0.15) is 11.8 Å². The molecule has 1 aliphatic heterocycles. The van der Waals surface area contributed by atoms with Gasteiger partial charge in [0, 0.05) is 24.0 Å². The Morgan fingerprint density at radius 3 is 2.91 bits per heavy atom. The standard InChI is InChI=1S/C9H17NS/c1-8-4-5-11-7-9(8)6-10(2)3/h4,9H,5-7H2,1-3H3/t9-/m1/s1. The number of thioether (sulfide) groups is 1. The molecule has 0 aromatic rings. The Labute approximate surface area is 73.8 Å². The average Bonchev–Trinajstić information content (AvgIpc) is 1.93. The first kappa shape index (κ1) is 9.14. The van der Waals surface area contributed by atoms with Gasteiger partial charge in [-0.1, -0.05) is 11.6 Å². The molecule has 0 bridgehead atoms. The number of nitrogens with zero attached hydrogens (tertiary/aromatic N) is 1. The van der Waals surface area contributed by atoms with Crippen molar-refractivity contribution < 1.29 is 0 Å². The van der Waals surface area contributed by atoms with Crippen LogP contribution in [0.5, 0.6) is 0 Å². The summed E-state index contributed by atoms with van der Waals surface area (Å²) in [4.78, 5) is 2.27. The summed E-state index contributed by atoms with van der Waals surface area (Å²) in [5, 5.41) is 0. The van der Waals surface area contributed by atoms with E-state index in [0.717, 1.165) is 5.92 Å². The lowest BCUT2D eigenvalue weighted by atomic mass is 10.0. The molecule has 1 atom stereocenters. The second kappa shape index (κ2) is 4.17. The van der Waals surface area contributed by atoms with Gasteiger partial charge in [-0.3, -0.25) is 0 Å². The van der Waals surface area contributed by atoms with Crippen LogP contribution in [-0.4, -0.2) is 37.0 Å². The summed E-state index contributed by atoms with van der Waals surface area (Å²) in [5.41, 5.74) is 1.58. The van der Waals surface area contributed by atoms with Crippen LogP contribution in [-0.2, 0) is 0 Å². The summed E-state index contributed by atoms with van der Waals surface area (Å²) in [6, 6.07) is 0. The third-order valence-corrected chi connectivity index (χ3v) is 3.11. The molecule has 0 amide bonds. The van der Waals surface area contributed by atoms with Gasteiger partial charge in [-0.15, -0.1) is 0 Å². The lowest BCUT2D eigenvalue weighted by Crippen LogP contribution is -2.25. The molecule has 0 unspecified atom stereocenters. The Kier molecular flexibility index (Phi) is 3.46. The zero-order chi connectivity index (χ0) is 8.27. The topological polar surface area (TPSA) is 3.24 Å². The van der Waals surface area contributed by atoms with Gasteiger partial charge in [-0.05, 0) is 21.0 Å². The maximum absolute atomic E-state index is 2.36. The van der Waals surface area contributed by atoms with Crippen molar-refractivity contribution in [1.29, 1.82) is 0 Å². The van der Waals surface area contributed by atoms with Crippen molar-refractivity contribution in [3.05, 3.63) is 11.6 Å². The van der Waals surface area contributed by atoms with E-state index in [9.17, 15) is 0 Å². The lowest BCUT2D eigenvalue weighted by Gasteiger charge is -2.24. The van der Waals surface area contributed by atoms with Crippen LogP contribution in [0.1, 0.15) is 6.92 Å². The summed E-state index contributed by atoms with van der Waals surface area (Å²) < 4.78 is 0. The van der Waals surface area contributed by atoms with Crippen LogP contribution in [0.2, 0.25) is 0 Å². The molecule has 1 aliphatic rings. The first-order valence-electron chi connectivity index (χ1n) is 4.09. The molecule has 1 rings (SSSR count). The van der Waals surface area contributed by atoms with E-state index in [2.05, 4.69) is 32.0 Å². The molecule has 2 heteroatoms. The van der Waals surface area contributed by atoms with Crippen LogP contribution >= 0.6 is 11.8 Å². The van der Waals surface area contributed by atoms with Gasteiger partial charge < -0.3 is 4.90 Å². The molecule has 0 saturated carbocycles. The van der Waals surface area contributed by atoms with Crippen molar-refractivity contribution in [2.75, 3.05) is 32.1 Å². The van der Waals surface area contributed by atoms with Crippen molar-refractivity contribution in [3.8, 4) is 0 Å². The minimum Gasteiger partial charge on any atom is -0.309 e. The van der Waals surface area contributed by atoms with Crippen molar-refractivity contribution in [3.63, 3.8) is 0 Å². The Morgan fingerprint density at radius 1 is 1.64 bits per heavy atom. The third kappa shape index (κ3) is 2.88. The van der Waals surface area contributed by atoms with Crippen LogP contribution in [0.15, 0.2) is 11.6 Å². The molecule has 1 heterocycles. The first-order chi connectivity index (χ1) is 5.20. The predicted octanol–water partition coefficient (Wildman–Crippen LogP) is 1.86. The van der Waals surface area contributed by atoms with Crippen molar-refractivity contribution in [2.24, 2.45) is 5.92 Å². The normalized spacial score (nSPS) is 25.5. The van der Waals surface area contributed by atoms with E-state index in [0.29, 0.717) is 0 Å². The molecule has 0 aromatic heterocycles. The van der Waals surface area contributed by atoms with E-state index in [4.69, 9.17) is 0 Å². The minimum atomic E-state index is 0.795. The Morgan fingerprint density at radius 2 is 2.36 bits per heavy atom. The van der Waals surface area contributed by atoms with Gasteiger partial charge in [-0.25, -0.2) is 0 Å². The highest BCUT2D eigenvalue weighted by atomic mass is 32.2. The Balaban J connectivity index is 2.43. The van der Waals surface area contributed by atoms with Crippen LogP contribution in [0, 0.1) is 5.92 Å². The predicted molar refractivity (Wildman–Crippen MR) is 53.1 cm³/mol. The van der Waals surface area contributed by atoms with E-state index in [1.54, 1.807) is 5.57 Å². The molecular weight excluding hydrogens is 154 g/mol. The van der Waals surface area contributed by atoms with Gasteiger partial charge >= 0.3 is 0 Å². The molecule has 0 spiro atoms. The quantitative estimate of drug-likeness (QED) is 0.583. The summed E-state index contributed by atoms with van der Waals surface area (Å²) in [6.45, 7) is 3.46. The fourth-order valence-electron chi connectivity index (χ4n) is 1.34. The van der Waals surface area contributed by atoms with Crippen LogP contribution in [0.3, 0.4) is 0 Å². The highest BCUT2D eigenvalue weighted by Crippen LogP contribution is 2.23. The number of rotatable bonds is 2. The maximum atomic E-state index is 2.36. The molecular formula is C9H17NS. The van der Waals surface area contributed by atoms with Crippen molar-refractivity contribution in [2.45, 2.75) is 6.92 Å². The molecule has 0 N–H and O–H groups in total. The molecule has 64 valence electrons. The molecule has 0 saturated heterocycles. The summed E-state index contributed by atoms with van der Waals surface area (Å²) in [7, 11) is 4.29. The SMILES string of the molecule is CC1=CCSC[C@H]1CN(C)C. The van der Waals surface area contributed by atoms with Gasteiger partial charge in [0.05, 0.1) is 0 Å². The average molecular weight is 171 g/mol. The monoisotopic (exact) mass is 171 g/mol. The lowest BCUT2D eigenvalue weighted by molar-refractivity contribution is 0.365. The van der Waals surface area contributed by atoms with Crippen LogP contribution in [0.25, 0.3) is 0 Å². The van der Waals surface area contributed by atoms with Crippen LogP contribution in [0.4, 0.5) is 0 Å². The largest absolute Gasteiger partial charge is 0.309 e. The molecule has 11 heavy (non-hydrogen) atoms.